The maximum Gasteiger partial charge on any atom is 0.244 e. The standard InChI is InChI=1S/C20H25N2O3/c1-3-24-19-10-6-7-11-20(19)25-15-13-22-16-21(12-14-23-2)17-8-4-5-9-18(17)22/h4-11,16H,3,12-15H2,1-2H3/q+1. The summed E-state index contributed by atoms with van der Waals surface area (Å²) in [5.74, 6) is 1.57. The molecule has 0 aliphatic rings. The van der Waals surface area contributed by atoms with E-state index in [9.17, 15) is 0 Å². The zero-order valence-corrected chi connectivity index (χ0v) is 14.9. The number of hydrogen-bond donors (Lipinski definition) is 0. The summed E-state index contributed by atoms with van der Waals surface area (Å²) >= 11 is 0. The molecule has 0 bridgehead atoms. The lowest BCUT2D eigenvalue weighted by atomic mass is 10.3. The number of rotatable bonds is 9. The molecule has 0 amide bonds. The van der Waals surface area contributed by atoms with Crippen LogP contribution in [-0.2, 0) is 17.8 Å². The second-order valence-corrected chi connectivity index (χ2v) is 5.71. The summed E-state index contributed by atoms with van der Waals surface area (Å²) in [6.07, 6.45) is 2.13. The van der Waals surface area contributed by atoms with Crippen LogP contribution in [0.15, 0.2) is 54.9 Å². The molecule has 0 radical (unpaired) electrons. The summed E-state index contributed by atoms with van der Waals surface area (Å²) in [5.41, 5.74) is 2.40. The Kier molecular flexibility index (Phi) is 5.90. The number of aromatic nitrogens is 2. The van der Waals surface area contributed by atoms with Gasteiger partial charge in [-0.3, -0.25) is 0 Å². The molecule has 132 valence electrons. The first-order valence-corrected chi connectivity index (χ1v) is 8.64. The van der Waals surface area contributed by atoms with Crippen LogP contribution in [-0.4, -0.2) is 31.5 Å². The Morgan fingerprint density at radius 3 is 2.40 bits per heavy atom. The van der Waals surface area contributed by atoms with Gasteiger partial charge in [-0.2, -0.15) is 0 Å². The highest BCUT2D eigenvalue weighted by molar-refractivity contribution is 5.71. The van der Waals surface area contributed by atoms with E-state index in [1.54, 1.807) is 7.11 Å². The topological polar surface area (TPSA) is 36.5 Å². The summed E-state index contributed by atoms with van der Waals surface area (Å²) < 4.78 is 21.2. The molecular formula is C20H25N2O3+. The second-order valence-electron chi connectivity index (χ2n) is 5.71. The van der Waals surface area contributed by atoms with Gasteiger partial charge in [0.05, 0.1) is 13.2 Å². The summed E-state index contributed by atoms with van der Waals surface area (Å²) in [6, 6.07) is 16.2. The number of fused-ring (bicyclic) bond motifs is 1. The van der Waals surface area contributed by atoms with E-state index in [0.29, 0.717) is 19.8 Å². The second kappa shape index (κ2) is 8.53. The van der Waals surface area contributed by atoms with Crippen LogP contribution in [0.25, 0.3) is 11.0 Å². The largest absolute Gasteiger partial charge is 0.490 e. The number of hydrogen-bond acceptors (Lipinski definition) is 3. The molecule has 1 aromatic heterocycles. The lowest BCUT2D eigenvalue weighted by Crippen LogP contribution is -2.34. The third-order valence-corrected chi connectivity index (χ3v) is 4.05. The van der Waals surface area contributed by atoms with Crippen molar-refractivity contribution in [2.24, 2.45) is 0 Å². The third-order valence-electron chi connectivity index (χ3n) is 4.05. The molecule has 25 heavy (non-hydrogen) atoms. The highest BCUT2D eigenvalue weighted by atomic mass is 16.5. The van der Waals surface area contributed by atoms with Gasteiger partial charge < -0.3 is 14.2 Å². The molecule has 0 saturated carbocycles. The van der Waals surface area contributed by atoms with Gasteiger partial charge in [0.15, 0.2) is 22.5 Å². The first kappa shape index (κ1) is 17.3. The molecular weight excluding hydrogens is 316 g/mol. The average Bonchev–Trinajstić information content (AvgIpc) is 3.00. The first-order chi connectivity index (χ1) is 12.3. The monoisotopic (exact) mass is 341 g/mol. The SMILES string of the molecule is CCOc1ccccc1OCCn1c[n+](CCOC)c2ccccc21. The van der Waals surface area contributed by atoms with Crippen LogP contribution in [0.2, 0.25) is 0 Å². The van der Waals surface area contributed by atoms with E-state index in [4.69, 9.17) is 14.2 Å². The molecule has 0 aliphatic carbocycles. The molecule has 2 aromatic carbocycles. The number of methoxy groups -OCH3 is 1. The van der Waals surface area contributed by atoms with Gasteiger partial charge in [-0.05, 0) is 31.2 Å². The molecule has 0 saturated heterocycles. The van der Waals surface area contributed by atoms with Gasteiger partial charge in [0, 0.05) is 7.11 Å². The minimum atomic E-state index is 0.576. The van der Waals surface area contributed by atoms with Crippen molar-refractivity contribution in [2.75, 3.05) is 26.9 Å². The van der Waals surface area contributed by atoms with Crippen molar-refractivity contribution in [3.05, 3.63) is 54.9 Å². The van der Waals surface area contributed by atoms with Crippen LogP contribution in [0.3, 0.4) is 0 Å². The van der Waals surface area contributed by atoms with Crippen molar-refractivity contribution in [3.63, 3.8) is 0 Å². The van der Waals surface area contributed by atoms with Crippen molar-refractivity contribution in [2.45, 2.75) is 20.0 Å². The molecule has 3 rings (SSSR count). The number of benzene rings is 2. The molecule has 0 N–H and O–H groups in total. The smallest absolute Gasteiger partial charge is 0.244 e. The van der Waals surface area contributed by atoms with E-state index in [0.717, 1.165) is 24.6 Å². The molecule has 0 atom stereocenters. The number of para-hydroxylation sites is 4. The fourth-order valence-corrected chi connectivity index (χ4v) is 2.89. The summed E-state index contributed by atoms with van der Waals surface area (Å²) in [6.45, 7) is 5.46. The van der Waals surface area contributed by atoms with E-state index < -0.39 is 0 Å². The minimum absolute atomic E-state index is 0.576. The maximum absolute atomic E-state index is 5.95. The van der Waals surface area contributed by atoms with Crippen molar-refractivity contribution >= 4 is 11.0 Å². The zero-order chi connectivity index (χ0) is 17.5. The molecule has 5 nitrogen and oxygen atoms in total. The molecule has 1 heterocycles. The van der Waals surface area contributed by atoms with Gasteiger partial charge in [-0.1, -0.05) is 24.3 Å². The van der Waals surface area contributed by atoms with Crippen molar-refractivity contribution < 1.29 is 18.8 Å². The van der Waals surface area contributed by atoms with E-state index in [1.807, 2.05) is 31.2 Å². The van der Waals surface area contributed by atoms with Gasteiger partial charge in [0.1, 0.15) is 19.7 Å². The molecule has 0 spiro atoms. The summed E-state index contributed by atoms with van der Waals surface area (Å²) in [7, 11) is 1.73. The van der Waals surface area contributed by atoms with Crippen LogP contribution >= 0.6 is 0 Å². The Hall–Kier alpha value is -2.53. The molecule has 5 heteroatoms. The van der Waals surface area contributed by atoms with Gasteiger partial charge in [0.2, 0.25) is 6.33 Å². The van der Waals surface area contributed by atoms with Gasteiger partial charge in [-0.15, -0.1) is 0 Å². The number of ether oxygens (including phenoxy) is 3. The number of nitrogens with zero attached hydrogens (tertiary/aromatic N) is 2. The van der Waals surface area contributed by atoms with E-state index in [2.05, 4.69) is 39.7 Å². The Bertz CT molecular complexity index is 814. The zero-order valence-electron chi connectivity index (χ0n) is 14.9. The van der Waals surface area contributed by atoms with Crippen molar-refractivity contribution in [3.8, 4) is 11.5 Å². The Morgan fingerprint density at radius 2 is 1.64 bits per heavy atom. The van der Waals surface area contributed by atoms with Crippen molar-refractivity contribution in [1.29, 1.82) is 0 Å². The fourth-order valence-electron chi connectivity index (χ4n) is 2.89. The first-order valence-electron chi connectivity index (χ1n) is 8.64. The normalized spacial score (nSPS) is 11.0. The summed E-state index contributed by atoms with van der Waals surface area (Å²) in [4.78, 5) is 0. The van der Waals surface area contributed by atoms with E-state index in [-0.39, 0.29) is 0 Å². The highest BCUT2D eigenvalue weighted by Gasteiger charge is 2.15. The van der Waals surface area contributed by atoms with E-state index in [1.165, 1.54) is 11.0 Å². The minimum Gasteiger partial charge on any atom is -0.490 e. The van der Waals surface area contributed by atoms with Crippen LogP contribution < -0.4 is 14.0 Å². The molecule has 3 aromatic rings. The molecule has 0 aliphatic heterocycles. The van der Waals surface area contributed by atoms with Gasteiger partial charge in [0.25, 0.3) is 0 Å². The maximum atomic E-state index is 5.95. The third kappa shape index (κ3) is 4.12. The Morgan fingerprint density at radius 1 is 0.920 bits per heavy atom. The van der Waals surface area contributed by atoms with Crippen LogP contribution in [0, 0.1) is 0 Å². The Balaban J connectivity index is 1.71. The molecule has 0 fully saturated rings. The number of imidazole rings is 1. The lowest BCUT2D eigenvalue weighted by molar-refractivity contribution is -0.673. The lowest BCUT2D eigenvalue weighted by Gasteiger charge is -2.10. The predicted molar refractivity (Wildman–Crippen MR) is 97.1 cm³/mol. The van der Waals surface area contributed by atoms with Crippen LogP contribution in [0.4, 0.5) is 0 Å². The highest BCUT2D eigenvalue weighted by Crippen LogP contribution is 2.26. The van der Waals surface area contributed by atoms with E-state index >= 15 is 0 Å². The average molecular weight is 341 g/mol. The quantitative estimate of drug-likeness (QED) is 0.561. The fraction of sp³-hybridized carbons (Fsp3) is 0.350. The van der Waals surface area contributed by atoms with Gasteiger partial charge in [-0.25, -0.2) is 9.13 Å². The van der Waals surface area contributed by atoms with Crippen LogP contribution in [0.1, 0.15) is 6.92 Å². The Labute approximate surface area is 148 Å². The predicted octanol–water partition coefficient (Wildman–Crippen LogP) is 3.05. The molecule has 0 unspecified atom stereocenters. The van der Waals surface area contributed by atoms with Crippen LogP contribution in [0.5, 0.6) is 11.5 Å². The van der Waals surface area contributed by atoms with Gasteiger partial charge >= 0.3 is 0 Å². The summed E-state index contributed by atoms with van der Waals surface area (Å²) in [5, 5.41) is 0. The van der Waals surface area contributed by atoms with Crippen molar-refractivity contribution in [1.82, 2.24) is 4.57 Å².